The van der Waals surface area contributed by atoms with Crippen molar-refractivity contribution in [1.29, 1.82) is 0 Å². The molecule has 112 valence electrons. The molecule has 0 fully saturated rings. The third-order valence-corrected chi connectivity index (χ3v) is 3.62. The molecule has 0 amide bonds. The molecule has 0 spiro atoms. The van der Waals surface area contributed by atoms with Gasteiger partial charge in [0.15, 0.2) is 0 Å². The summed E-state index contributed by atoms with van der Waals surface area (Å²) in [5.41, 5.74) is 0.0751. The van der Waals surface area contributed by atoms with E-state index in [0.717, 1.165) is 31.4 Å². The van der Waals surface area contributed by atoms with Gasteiger partial charge >= 0.3 is 6.18 Å². The normalized spacial score (nSPS) is 12.1. The number of aliphatic hydroxyl groups excluding tert-OH is 1. The lowest BCUT2D eigenvalue weighted by molar-refractivity contribution is -0.180. The van der Waals surface area contributed by atoms with Crippen molar-refractivity contribution >= 4 is 9.76 Å². The van der Waals surface area contributed by atoms with Crippen LogP contribution >= 0.6 is 0 Å². The summed E-state index contributed by atoms with van der Waals surface area (Å²) in [7, 11) is 0.0319. The standard InChI is InChI=1S/C13H17F3O3Si/c14-13(15,16)11-7-4-6-10(9-11)5-2-1-3-8-20-19-12(17)18/h4,6-7,9,12,17-18H,1-3,5,8H2. The molecule has 0 bridgehead atoms. The second-order valence-corrected chi connectivity index (χ2v) is 5.37. The Morgan fingerprint density at radius 1 is 1.15 bits per heavy atom. The number of benzene rings is 1. The number of aliphatic hydroxyl groups is 2. The first-order chi connectivity index (χ1) is 9.39. The Morgan fingerprint density at radius 3 is 2.55 bits per heavy atom. The number of alkyl halides is 3. The van der Waals surface area contributed by atoms with Crippen LogP contribution in [0, 0.1) is 0 Å². The number of unbranched alkanes of at least 4 members (excludes halogenated alkanes) is 2. The van der Waals surface area contributed by atoms with E-state index >= 15 is 0 Å². The minimum Gasteiger partial charge on any atom is -0.372 e. The van der Waals surface area contributed by atoms with E-state index in [9.17, 15) is 13.2 Å². The van der Waals surface area contributed by atoms with Crippen molar-refractivity contribution in [2.75, 3.05) is 0 Å². The number of rotatable bonds is 8. The Bertz CT molecular complexity index is 397. The summed E-state index contributed by atoms with van der Waals surface area (Å²) in [6, 6.07) is 6.10. The van der Waals surface area contributed by atoms with E-state index in [2.05, 4.69) is 4.43 Å². The molecule has 1 aromatic carbocycles. The Kier molecular flexibility index (Phi) is 7.21. The third-order valence-electron chi connectivity index (χ3n) is 2.69. The maximum absolute atomic E-state index is 12.5. The van der Waals surface area contributed by atoms with Crippen LogP contribution in [0.15, 0.2) is 24.3 Å². The van der Waals surface area contributed by atoms with Gasteiger partial charge in [0.1, 0.15) is 0 Å². The number of aryl methyl sites for hydroxylation is 1. The van der Waals surface area contributed by atoms with E-state index in [1.807, 2.05) is 0 Å². The van der Waals surface area contributed by atoms with Gasteiger partial charge in [-0.05, 0) is 30.5 Å². The molecule has 0 atom stereocenters. The highest BCUT2D eigenvalue weighted by molar-refractivity contribution is 6.26. The van der Waals surface area contributed by atoms with Crippen LogP contribution < -0.4 is 0 Å². The minimum atomic E-state index is -4.29. The number of hydrogen-bond acceptors (Lipinski definition) is 3. The summed E-state index contributed by atoms with van der Waals surface area (Å²) in [4.78, 5) is 0. The molecule has 0 unspecified atom stereocenters. The second kappa shape index (κ2) is 8.41. The lowest BCUT2D eigenvalue weighted by Gasteiger charge is -2.08. The van der Waals surface area contributed by atoms with Crippen LogP contribution in [0.1, 0.15) is 30.4 Å². The minimum absolute atomic E-state index is 0.0319. The summed E-state index contributed by atoms with van der Waals surface area (Å²) in [6.07, 6.45) is -1.16. The molecule has 0 aromatic heterocycles. The first-order valence-corrected chi connectivity index (χ1v) is 7.42. The Balaban J connectivity index is 2.22. The van der Waals surface area contributed by atoms with Gasteiger partial charge in [-0.3, -0.25) is 0 Å². The lowest BCUT2D eigenvalue weighted by Crippen LogP contribution is -2.12. The fourth-order valence-corrected chi connectivity index (χ4v) is 2.40. The first kappa shape index (κ1) is 17.2. The second-order valence-electron chi connectivity index (χ2n) is 4.35. The van der Waals surface area contributed by atoms with Gasteiger partial charge < -0.3 is 14.6 Å². The molecule has 7 heteroatoms. The van der Waals surface area contributed by atoms with Crippen LogP contribution in [0.5, 0.6) is 0 Å². The van der Waals surface area contributed by atoms with Gasteiger partial charge in [-0.2, -0.15) is 13.2 Å². The summed E-state index contributed by atoms with van der Waals surface area (Å²) in [5.74, 6) is 0. The SMILES string of the molecule is OC(O)O[Si]CCCCCc1cccc(C(F)(F)F)c1. The van der Waals surface area contributed by atoms with Crippen LogP contribution in [-0.4, -0.2) is 26.5 Å². The van der Waals surface area contributed by atoms with Crippen molar-refractivity contribution < 1.29 is 27.8 Å². The molecular weight excluding hydrogens is 289 g/mol. The number of halogens is 3. The van der Waals surface area contributed by atoms with Crippen molar-refractivity contribution in [2.24, 2.45) is 0 Å². The molecule has 0 saturated heterocycles. The Hall–Kier alpha value is -0.893. The highest BCUT2D eigenvalue weighted by Gasteiger charge is 2.30. The summed E-state index contributed by atoms with van der Waals surface area (Å²) in [5, 5.41) is 16.9. The lowest BCUT2D eigenvalue weighted by atomic mass is 10.0. The van der Waals surface area contributed by atoms with E-state index in [1.165, 1.54) is 12.1 Å². The average molecular weight is 306 g/mol. The third kappa shape index (κ3) is 7.04. The predicted octanol–water partition coefficient (Wildman–Crippen LogP) is 2.74. The van der Waals surface area contributed by atoms with Crippen LogP contribution in [-0.2, 0) is 17.0 Å². The average Bonchev–Trinajstić information content (AvgIpc) is 2.36. The molecule has 3 nitrogen and oxygen atoms in total. The maximum atomic E-state index is 12.5. The highest BCUT2D eigenvalue weighted by atomic mass is 28.2. The van der Waals surface area contributed by atoms with Crippen molar-refractivity contribution in [1.82, 2.24) is 0 Å². The molecular formula is C13H17F3O3Si. The van der Waals surface area contributed by atoms with E-state index < -0.39 is 18.2 Å². The quantitative estimate of drug-likeness (QED) is 0.441. The molecule has 0 aliphatic rings. The van der Waals surface area contributed by atoms with Gasteiger partial charge in [0.2, 0.25) is 9.76 Å². The Morgan fingerprint density at radius 2 is 1.90 bits per heavy atom. The van der Waals surface area contributed by atoms with Crippen molar-refractivity contribution in [3.05, 3.63) is 35.4 Å². The molecule has 0 aliphatic carbocycles. The van der Waals surface area contributed by atoms with Gasteiger partial charge in [0.25, 0.3) is 6.48 Å². The van der Waals surface area contributed by atoms with E-state index in [1.54, 1.807) is 6.07 Å². The zero-order valence-electron chi connectivity index (χ0n) is 10.9. The first-order valence-electron chi connectivity index (χ1n) is 6.30. The molecule has 0 heterocycles. The molecule has 1 aromatic rings. The zero-order chi connectivity index (χ0) is 15.0. The van der Waals surface area contributed by atoms with E-state index in [4.69, 9.17) is 10.2 Å². The molecule has 2 N–H and O–H groups in total. The zero-order valence-corrected chi connectivity index (χ0v) is 11.9. The van der Waals surface area contributed by atoms with Crippen molar-refractivity contribution in [3.63, 3.8) is 0 Å². The summed E-state index contributed by atoms with van der Waals surface area (Å²) in [6.45, 7) is -1.72. The molecule has 2 radical (unpaired) electrons. The fraction of sp³-hybridized carbons (Fsp3) is 0.538. The van der Waals surface area contributed by atoms with Crippen LogP contribution in [0.25, 0.3) is 0 Å². The number of hydrogen-bond donors (Lipinski definition) is 2. The predicted molar refractivity (Wildman–Crippen MR) is 68.9 cm³/mol. The largest absolute Gasteiger partial charge is 0.416 e. The van der Waals surface area contributed by atoms with Gasteiger partial charge in [-0.1, -0.05) is 31.0 Å². The van der Waals surface area contributed by atoms with Crippen LogP contribution in [0.3, 0.4) is 0 Å². The Labute approximate surface area is 118 Å². The molecule has 20 heavy (non-hydrogen) atoms. The monoisotopic (exact) mass is 306 g/mol. The summed E-state index contributed by atoms with van der Waals surface area (Å²) < 4.78 is 42.1. The van der Waals surface area contributed by atoms with Crippen molar-refractivity contribution in [2.45, 2.75) is 44.4 Å². The molecule has 1 rings (SSSR count). The van der Waals surface area contributed by atoms with Crippen molar-refractivity contribution in [3.8, 4) is 0 Å². The van der Waals surface area contributed by atoms with Gasteiger partial charge in [-0.15, -0.1) is 0 Å². The smallest absolute Gasteiger partial charge is 0.372 e. The van der Waals surface area contributed by atoms with Crippen LogP contribution in [0.4, 0.5) is 13.2 Å². The molecule has 0 saturated carbocycles. The fourth-order valence-electron chi connectivity index (χ4n) is 1.74. The van der Waals surface area contributed by atoms with Gasteiger partial charge in [-0.25, -0.2) is 0 Å². The molecule has 0 aliphatic heterocycles. The van der Waals surface area contributed by atoms with Gasteiger partial charge in [0.05, 0.1) is 5.56 Å². The summed E-state index contributed by atoms with van der Waals surface area (Å²) >= 11 is 0. The maximum Gasteiger partial charge on any atom is 0.416 e. The van der Waals surface area contributed by atoms with Crippen LogP contribution in [0.2, 0.25) is 6.04 Å². The highest BCUT2D eigenvalue weighted by Crippen LogP contribution is 2.29. The van der Waals surface area contributed by atoms with E-state index in [-0.39, 0.29) is 9.76 Å². The topological polar surface area (TPSA) is 49.7 Å². The van der Waals surface area contributed by atoms with Gasteiger partial charge in [0, 0.05) is 0 Å². The van der Waals surface area contributed by atoms with E-state index in [0.29, 0.717) is 12.0 Å².